The van der Waals surface area contributed by atoms with Crippen molar-refractivity contribution in [1.82, 2.24) is 0 Å². The molecule has 13 heavy (non-hydrogen) atoms. The van der Waals surface area contributed by atoms with Crippen LogP contribution in [0, 0.1) is 16.0 Å². The van der Waals surface area contributed by atoms with Gasteiger partial charge in [-0.05, 0) is 25.7 Å². The van der Waals surface area contributed by atoms with E-state index in [1.807, 2.05) is 0 Å². The van der Waals surface area contributed by atoms with Gasteiger partial charge in [0.2, 0.25) is 6.54 Å². The number of nitro groups is 1. The molecule has 1 aliphatic rings. The maximum atomic E-state index is 10.3. The lowest BCUT2D eigenvalue weighted by molar-refractivity contribution is -0.502. The molecule has 1 fully saturated rings. The first-order valence-electron chi connectivity index (χ1n) is 4.86. The van der Waals surface area contributed by atoms with Gasteiger partial charge in [-0.2, -0.15) is 0 Å². The van der Waals surface area contributed by atoms with Crippen molar-refractivity contribution < 1.29 is 10.0 Å². The van der Waals surface area contributed by atoms with Crippen LogP contribution in [0.3, 0.4) is 0 Å². The third-order valence-corrected chi connectivity index (χ3v) is 2.93. The van der Waals surface area contributed by atoms with Gasteiger partial charge < -0.3 is 5.11 Å². The van der Waals surface area contributed by atoms with E-state index in [4.69, 9.17) is 0 Å². The highest BCUT2D eigenvalue weighted by Gasteiger charge is 2.37. The van der Waals surface area contributed by atoms with Gasteiger partial charge >= 0.3 is 0 Å². The van der Waals surface area contributed by atoms with E-state index in [9.17, 15) is 15.2 Å². The first kappa shape index (κ1) is 10.4. The molecule has 76 valence electrons. The Kier molecular flexibility index (Phi) is 3.25. The Bertz CT molecular complexity index is 185. The lowest BCUT2D eigenvalue weighted by atomic mass is 9.78. The highest BCUT2D eigenvalue weighted by Crippen LogP contribution is 2.32. The fraction of sp³-hybridized carbons (Fsp3) is 1.00. The summed E-state index contributed by atoms with van der Waals surface area (Å²) >= 11 is 0. The van der Waals surface area contributed by atoms with Gasteiger partial charge in [0.25, 0.3) is 0 Å². The molecule has 0 aromatic heterocycles. The minimum absolute atomic E-state index is 0.117. The molecule has 0 unspecified atom stereocenters. The number of hydrogen-bond acceptors (Lipinski definition) is 3. The summed E-state index contributed by atoms with van der Waals surface area (Å²) in [6, 6.07) is 0. The predicted octanol–water partition coefficient (Wildman–Crippen LogP) is 1.59. The van der Waals surface area contributed by atoms with Crippen molar-refractivity contribution >= 4 is 0 Å². The van der Waals surface area contributed by atoms with Crippen molar-refractivity contribution in [2.45, 2.75) is 44.6 Å². The van der Waals surface area contributed by atoms with Crippen molar-refractivity contribution in [1.29, 1.82) is 0 Å². The molecule has 0 amide bonds. The molecule has 0 spiro atoms. The summed E-state index contributed by atoms with van der Waals surface area (Å²) in [7, 11) is 0. The third kappa shape index (κ3) is 2.95. The van der Waals surface area contributed by atoms with Gasteiger partial charge in [-0.15, -0.1) is 0 Å². The van der Waals surface area contributed by atoms with Gasteiger partial charge in [0.05, 0.1) is 0 Å². The molecule has 0 heterocycles. The molecule has 0 saturated heterocycles. The molecule has 0 bridgehead atoms. The molecular weight excluding hydrogens is 170 g/mol. The molecule has 4 nitrogen and oxygen atoms in total. The van der Waals surface area contributed by atoms with Gasteiger partial charge in [-0.25, -0.2) is 0 Å². The molecule has 1 saturated carbocycles. The molecular formula is C9H17NO3. The Hall–Kier alpha value is -0.640. The van der Waals surface area contributed by atoms with Gasteiger partial charge in [-0.1, -0.05) is 19.3 Å². The van der Waals surface area contributed by atoms with E-state index in [0.29, 0.717) is 0 Å². The highest BCUT2D eigenvalue weighted by molar-refractivity contribution is 4.83. The van der Waals surface area contributed by atoms with E-state index < -0.39 is 10.5 Å². The van der Waals surface area contributed by atoms with Gasteiger partial charge in [0.15, 0.2) is 0 Å². The van der Waals surface area contributed by atoms with Crippen LogP contribution in [0.2, 0.25) is 0 Å². The van der Waals surface area contributed by atoms with E-state index in [-0.39, 0.29) is 12.5 Å². The van der Waals surface area contributed by atoms with E-state index in [0.717, 1.165) is 25.7 Å². The summed E-state index contributed by atoms with van der Waals surface area (Å²) in [6.45, 7) is 1.27. The van der Waals surface area contributed by atoms with E-state index in [1.54, 1.807) is 6.92 Å². The second-order valence-corrected chi connectivity index (χ2v) is 4.18. The summed E-state index contributed by atoms with van der Waals surface area (Å²) in [5, 5.41) is 20.2. The van der Waals surface area contributed by atoms with Crippen molar-refractivity contribution in [3.63, 3.8) is 0 Å². The number of aliphatic hydroxyl groups is 1. The molecule has 4 heteroatoms. The summed E-state index contributed by atoms with van der Waals surface area (Å²) in [5.74, 6) is 0.117. The highest BCUT2D eigenvalue weighted by atomic mass is 16.6. The average Bonchev–Trinajstić information content (AvgIpc) is 2.04. The standard InChI is InChI=1S/C9H17NO3/c1-9(11,7-10(12)13)8-5-3-2-4-6-8/h8,11H,2-7H2,1H3/t9-/m1/s1. The smallest absolute Gasteiger partial charge is 0.232 e. The van der Waals surface area contributed by atoms with Crippen molar-refractivity contribution in [3.8, 4) is 0 Å². The predicted molar refractivity (Wildman–Crippen MR) is 49.1 cm³/mol. The summed E-state index contributed by atoms with van der Waals surface area (Å²) in [5.41, 5.74) is -1.11. The maximum absolute atomic E-state index is 10.3. The summed E-state index contributed by atoms with van der Waals surface area (Å²) in [4.78, 5) is 9.88. The topological polar surface area (TPSA) is 63.4 Å². The summed E-state index contributed by atoms with van der Waals surface area (Å²) < 4.78 is 0. The Balaban J connectivity index is 2.50. The van der Waals surface area contributed by atoms with Crippen molar-refractivity contribution in [2.24, 2.45) is 5.92 Å². The van der Waals surface area contributed by atoms with Crippen LogP contribution in [0.15, 0.2) is 0 Å². The van der Waals surface area contributed by atoms with Crippen molar-refractivity contribution in [2.75, 3.05) is 6.54 Å². The Morgan fingerprint density at radius 1 is 1.46 bits per heavy atom. The zero-order valence-corrected chi connectivity index (χ0v) is 8.03. The van der Waals surface area contributed by atoms with Crippen molar-refractivity contribution in [3.05, 3.63) is 10.1 Å². The molecule has 1 N–H and O–H groups in total. The number of nitrogens with zero attached hydrogens (tertiary/aromatic N) is 1. The number of hydrogen-bond donors (Lipinski definition) is 1. The lowest BCUT2D eigenvalue weighted by Gasteiger charge is -2.32. The third-order valence-electron chi connectivity index (χ3n) is 2.93. The van der Waals surface area contributed by atoms with Crippen LogP contribution in [-0.2, 0) is 0 Å². The van der Waals surface area contributed by atoms with Gasteiger partial charge in [-0.3, -0.25) is 10.1 Å². The second kappa shape index (κ2) is 4.05. The van der Waals surface area contributed by atoms with E-state index >= 15 is 0 Å². The van der Waals surface area contributed by atoms with Crippen LogP contribution in [-0.4, -0.2) is 22.2 Å². The van der Waals surface area contributed by atoms with E-state index in [2.05, 4.69) is 0 Å². The molecule has 0 aliphatic heterocycles. The zero-order chi connectivity index (χ0) is 9.90. The normalized spacial score (nSPS) is 23.8. The monoisotopic (exact) mass is 187 g/mol. The molecule has 1 rings (SSSR count). The van der Waals surface area contributed by atoms with Crippen LogP contribution < -0.4 is 0 Å². The average molecular weight is 187 g/mol. The zero-order valence-electron chi connectivity index (χ0n) is 8.03. The quantitative estimate of drug-likeness (QED) is 0.539. The Morgan fingerprint density at radius 3 is 2.46 bits per heavy atom. The first-order chi connectivity index (χ1) is 6.02. The first-order valence-corrected chi connectivity index (χ1v) is 4.86. The molecule has 1 atom stereocenters. The largest absolute Gasteiger partial charge is 0.383 e. The maximum Gasteiger partial charge on any atom is 0.232 e. The fourth-order valence-electron chi connectivity index (χ4n) is 2.11. The van der Waals surface area contributed by atoms with Gasteiger partial charge in [0, 0.05) is 4.92 Å². The van der Waals surface area contributed by atoms with E-state index in [1.165, 1.54) is 6.42 Å². The molecule has 1 aliphatic carbocycles. The van der Waals surface area contributed by atoms with Crippen LogP contribution in [0.4, 0.5) is 0 Å². The number of rotatable bonds is 3. The Labute approximate surface area is 78.1 Å². The van der Waals surface area contributed by atoms with Crippen LogP contribution in [0.1, 0.15) is 39.0 Å². The SMILES string of the molecule is C[C@@](O)(C[N+](=O)[O-])C1CCCCC1. The lowest BCUT2D eigenvalue weighted by Crippen LogP contribution is -2.42. The summed E-state index contributed by atoms with van der Waals surface area (Å²) in [6.07, 6.45) is 5.25. The molecule has 0 aromatic carbocycles. The second-order valence-electron chi connectivity index (χ2n) is 4.18. The van der Waals surface area contributed by atoms with Crippen LogP contribution >= 0.6 is 0 Å². The molecule has 0 radical (unpaired) electrons. The minimum atomic E-state index is -1.11. The minimum Gasteiger partial charge on any atom is -0.383 e. The van der Waals surface area contributed by atoms with Crippen LogP contribution in [0.5, 0.6) is 0 Å². The Morgan fingerprint density at radius 2 is 2.00 bits per heavy atom. The fourth-order valence-corrected chi connectivity index (χ4v) is 2.11. The molecule has 0 aromatic rings. The van der Waals surface area contributed by atoms with Crippen LogP contribution in [0.25, 0.3) is 0 Å². The van der Waals surface area contributed by atoms with Gasteiger partial charge in [0.1, 0.15) is 5.60 Å².